The number of carbonyl (C=O) groups excluding carboxylic acids is 1. The Morgan fingerprint density at radius 2 is 2.00 bits per heavy atom. The summed E-state index contributed by atoms with van der Waals surface area (Å²) in [5.74, 6) is 0.164. The molecule has 4 nitrogen and oxygen atoms in total. The van der Waals surface area contributed by atoms with E-state index in [1.165, 1.54) is 0 Å². The Balaban J connectivity index is 1.88. The average Bonchev–Trinajstić information content (AvgIpc) is 2.53. The highest BCUT2D eigenvalue weighted by molar-refractivity contribution is 9.10. The summed E-state index contributed by atoms with van der Waals surface area (Å²) in [6.07, 6.45) is 2.04. The zero-order valence-electron chi connectivity index (χ0n) is 12.3. The van der Waals surface area contributed by atoms with Crippen molar-refractivity contribution in [3.63, 3.8) is 0 Å². The fraction of sp³-hybridized carbons (Fsp3) is 0.562. The molecule has 1 aliphatic rings. The number of ketones is 1. The first-order chi connectivity index (χ1) is 10.1. The first-order valence-corrected chi connectivity index (χ1v) is 8.17. The SMILES string of the molecule is CC(C(=O)c1ccc(Br)cc1)N1CCC(OCCO)CC1. The largest absolute Gasteiger partial charge is 0.394 e. The third-order valence-corrected chi connectivity index (χ3v) is 4.51. The summed E-state index contributed by atoms with van der Waals surface area (Å²) in [6, 6.07) is 7.41. The van der Waals surface area contributed by atoms with Gasteiger partial charge in [0, 0.05) is 23.1 Å². The van der Waals surface area contributed by atoms with Crippen molar-refractivity contribution in [3.05, 3.63) is 34.3 Å². The number of hydrogen-bond acceptors (Lipinski definition) is 4. The third kappa shape index (κ3) is 4.61. The second-order valence-electron chi connectivity index (χ2n) is 5.38. The molecular weight excluding hydrogens is 334 g/mol. The molecule has 0 spiro atoms. The molecule has 1 aliphatic heterocycles. The summed E-state index contributed by atoms with van der Waals surface area (Å²) in [7, 11) is 0. The van der Waals surface area contributed by atoms with E-state index in [2.05, 4.69) is 20.8 Å². The number of nitrogens with zero attached hydrogens (tertiary/aromatic N) is 1. The lowest BCUT2D eigenvalue weighted by Gasteiger charge is -2.35. The van der Waals surface area contributed by atoms with Crippen molar-refractivity contribution in [1.82, 2.24) is 4.90 Å². The van der Waals surface area contributed by atoms with Crippen molar-refractivity contribution in [3.8, 4) is 0 Å². The monoisotopic (exact) mass is 355 g/mol. The van der Waals surface area contributed by atoms with Crippen LogP contribution < -0.4 is 0 Å². The molecule has 1 N–H and O–H groups in total. The highest BCUT2D eigenvalue weighted by atomic mass is 79.9. The van der Waals surface area contributed by atoms with Crippen LogP contribution in [0.5, 0.6) is 0 Å². The molecule has 21 heavy (non-hydrogen) atoms. The minimum absolute atomic E-state index is 0.0681. The van der Waals surface area contributed by atoms with Crippen LogP contribution in [-0.2, 0) is 4.74 Å². The Hall–Kier alpha value is -0.750. The highest BCUT2D eigenvalue weighted by Gasteiger charge is 2.27. The number of aliphatic hydroxyl groups is 1. The Kier molecular flexibility index (Phi) is 6.36. The summed E-state index contributed by atoms with van der Waals surface area (Å²) in [6.45, 7) is 4.16. The highest BCUT2D eigenvalue weighted by Crippen LogP contribution is 2.19. The average molecular weight is 356 g/mol. The minimum atomic E-state index is -0.107. The number of benzene rings is 1. The molecule has 0 bridgehead atoms. The number of piperidine rings is 1. The molecule has 1 unspecified atom stereocenters. The number of carbonyl (C=O) groups is 1. The van der Waals surface area contributed by atoms with Crippen molar-refractivity contribution < 1.29 is 14.6 Å². The lowest BCUT2D eigenvalue weighted by molar-refractivity contribution is -0.0125. The molecule has 1 fully saturated rings. The fourth-order valence-electron chi connectivity index (χ4n) is 2.67. The van der Waals surface area contributed by atoms with Crippen LogP contribution in [0.4, 0.5) is 0 Å². The molecule has 0 amide bonds. The molecule has 1 aromatic carbocycles. The summed E-state index contributed by atoms with van der Waals surface area (Å²) >= 11 is 3.38. The maximum atomic E-state index is 12.5. The van der Waals surface area contributed by atoms with E-state index in [1.54, 1.807) is 0 Å². The predicted molar refractivity (Wildman–Crippen MR) is 85.6 cm³/mol. The van der Waals surface area contributed by atoms with Crippen molar-refractivity contribution in [1.29, 1.82) is 0 Å². The third-order valence-electron chi connectivity index (χ3n) is 3.98. The van der Waals surface area contributed by atoms with E-state index in [4.69, 9.17) is 9.84 Å². The zero-order chi connectivity index (χ0) is 15.2. The number of rotatable bonds is 6. The molecule has 1 heterocycles. The molecule has 116 valence electrons. The van der Waals surface area contributed by atoms with Gasteiger partial charge in [-0.1, -0.05) is 28.1 Å². The maximum absolute atomic E-state index is 12.5. The van der Waals surface area contributed by atoms with Gasteiger partial charge in [-0.15, -0.1) is 0 Å². The standard InChI is InChI=1S/C16H22BrNO3/c1-12(16(20)13-2-4-14(17)5-3-13)18-8-6-15(7-9-18)21-11-10-19/h2-5,12,15,19H,6-11H2,1H3. The van der Waals surface area contributed by atoms with Crippen molar-refractivity contribution >= 4 is 21.7 Å². The Labute approximate surface area is 134 Å². The molecule has 5 heteroatoms. The predicted octanol–water partition coefficient (Wildman–Crippen LogP) is 2.49. The second kappa shape index (κ2) is 8.03. The van der Waals surface area contributed by atoms with Crippen LogP contribution in [-0.4, -0.2) is 54.2 Å². The van der Waals surface area contributed by atoms with Crippen LogP contribution in [0.3, 0.4) is 0 Å². The van der Waals surface area contributed by atoms with Crippen molar-refractivity contribution in [2.45, 2.75) is 31.9 Å². The van der Waals surface area contributed by atoms with Gasteiger partial charge < -0.3 is 9.84 Å². The van der Waals surface area contributed by atoms with Gasteiger partial charge in [0.1, 0.15) is 0 Å². The number of ether oxygens (including phenoxy) is 1. The van der Waals surface area contributed by atoms with Gasteiger partial charge in [-0.25, -0.2) is 0 Å². The van der Waals surface area contributed by atoms with Gasteiger partial charge in [0.05, 0.1) is 25.4 Å². The Bertz CT molecular complexity index is 455. The zero-order valence-corrected chi connectivity index (χ0v) is 13.9. The van der Waals surface area contributed by atoms with Gasteiger partial charge in [-0.2, -0.15) is 0 Å². The normalized spacial score (nSPS) is 18.6. The number of likely N-dealkylation sites (tertiary alicyclic amines) is 1. The smallest absolute Gasteiger partial charge is 0.179 e. The molecule has 0 aliphatic carbocycles. The molecule has 0 aromatic heterocycles. The van der Waals surface area contributed by atoms with E-state index in [1.807, 2.05) is 31.2 Å². The quantitative estimate of drug-likeness (QED) is 0.796. The first kappa shape index (κ1) is 16.6. The van der Waals surface area contributed by atoms with Crippen LogP contribution in [0.25, 0.3) is 0 Å². The molecule has 1 atom stereocenters. The topological polar surface area (TPSA) is 49.8 Å². The summed E-state index contributed by atoms with van der Waals surface area (Å²) in [5, 5.41) is 8.77. The number of hydrogen-bond donors (Lipinski definition) is 1. The van der Waals surface area contributed by atoms with Crippen molar-refractivity contribution in [2.24, 2.45) is 0 Å². The summed E-state index contributed by atoms with van der Waals surface area (Å²) < 4.78 is 6.53. The van der Waals surface area contributed by atoms with Gasteiger partial charge in [0.25, 0.3) is 0 Å². The molecule has 1 saturated heterocycles. The van der Waals surface area contributed by atoms with Crippen LogP contribution in [0, 0.1) is 0 Å². The van der Waals surface area contributed by atoms with E-state index >= 15 is 0 Å². The number of halogens is 1. The van der Waals surface area contributed by atoms with Crippen LogP contribution >= 0.6 is 15.9 Å². The van der Waals surface area contributed by atoms with Crippen molar-refractivity contribution in [2.75, 3.05) is 26.3 Å². The van der Waals surface area contributed by atoms with E-state index in [-0.39, 0.29) is 24.5 Å². The van der Waals surface area contributed by atoms with Gasteiger partial charge in [0.2, 0.25) is 0 Å². The second-order valence-corrected chi connectivity index (χ2v) is 6.29. The minimum Gasteiger partial charge on any atom is -0.394 e. The maximum Gasteiger partial charge on any atom is 0.179 e. The van der Waals surface area contributed by atoms with E-state index < -0.39 is 0 Å². The van der Waals surface area contributed by atoms with E-state index in [9.17, 15) is 4.79 Å². The molecule has 1 aromatic rings. The molecule has 0 saturated carbocycles. The van der Waals surface area contributed by atoms with Gasteiger partial charge in [-0.05, 0) is 31.9 Å². The summed E-state index contributed by atoms with van der Waals surface area (Å²) in [5.41, 5.74) is 0.754. The van der Waals surface area contributed by atoms with Crippen LogP contribution in [0.15, 0.2) is 28.7 Å². The molecule has 2 rings (SSSR count). The van der Waals surface area contributed by atoms with Crippen LogP contribution in [0.1, 0.15) is 30.1 Å². The first-order valence-electron chi connectivity index (χ1n) is 7.38. The van der Waals surface area contributed by atoms with Crippen LogP contribution in [0.2, 0.25) is 0 Å². The Morgan fingerprint density at radius 3 is 2.57 bits per heavy atom. The fourth-order valence-corrected chi connectivity index (χ4v) is 2.93. The summed E-state index contributed by atoms with van der Waals surface area (Å²) in [4.78, 5) is 14.7. The van der Waals surface area contributed by atoms with E-state index in [0.29, 0.717) is 6.61 Å². The van der Waals surface area contributed by atoms with Gasteiger partial charge >= 0.3 is 0 Å². The van der Waals surface area contributed by atoms with Gasteiger partial charge in [0.15, 0.2) is 5.78 Å². The van der Waals surface area contributed by atoms with E-state index in [0.717, 1.165) is 36.0 Å². The lowest BCUT2D eigenvalue weighted by atomic mass is 10.0. The molecular formula is C16H22BrNO3. The number of aliphatic hydroxyl groups excluding tert-OH is 1. The number of Topliss-reactive ketones (excluding diaryl/α,β-unsaturated/α-hetero) is 1. The molecule has 0 radical (unpaired) electrons. The lowest BCUT2D eigenvalue weighted by Crippen LogP contribution is -2.45. The Morgan fingerprint density at radius 1 is 1.38 bits per heavy atom. The van der Waals surface area contributed by atoms with Gasteiger partial charge in [-0.3, -0.25) is 9.69 Å².